The van der Waals surface area contributed by atoms with Crippen LogP contribution in [0.3, 0.4) is 0 Å². The lowest BCUT2D eigenvalue weighted by Crippen LogP contribution is -2.24. The van der Waals surface area contributed by atoms with E-state index in [-0.39, 0.29) is 0 Å². The smallest absolute Gasteiger partial charge is 0.0408 e. The van der Waals surface area contributed by atoms with E-state index in [1.807, 2.05) is 12.1 Å². The Morgan fingerprint density at radius 1 is 1.14 bits per heavy atom. The van der Waals surface area contributed by atoms with Gasteiger partial charge in [-0.25, -0.2) is 0 Å². The van der Waals surface area contributed by atoms with E-state index in [0.717, 1.165) is 28.5 Å². The van der Waals surface area contributed by atoms with E-state index in [0.29, 0.717) is 5.92 Å². The third-order valence-corrected chi connectivity index (χ3v) is 4.65. The molecule has 3 rings (SSSR count). The Kier molecular flexibility index (Phi) is 4.99. The highest BCUT2D eigenvalue weighted by Gasteiger charge is 2.22. The second kappa shape index (κ2) is 6.95. The van der Waals surface area contributed by atoms with Crippen molar-refractivity contribution in [2.75, 3.05) is 6.54 Å². The summed E-state index contributed by atoms with van der Waals surface area (Å²) in [5, 5.41) is 4.48. The summed E-state index contributed by atoms with van der Waals surface area (Å²) in [5.74, 6) is 0.474. The number of halogens is 2. The summed E-state index contributed by atoms with van der Waals surface area (Å²) in [6.07, 6.45) is 3.65. The fourth-order valence-electron chi connectivity index (χ4n) is 2.61. The molecule has 1 nitrogen and oxygen atoms in total. The lowest BCUT2D eigenvalue weighted by Gasteiger charge is -2.19. The van der Waals surface area contributed by atoms with Crippen LogP contribution in [0.2, 0.25) is 5.02 Å². The van der Waals surface area contributed by atoms with Crippen molar-refractivity contribution < 1.29 is 0 Å². The molecule has 0 saturated heterocycles. The van der Waals surface area contributed by atoms with E-state index in [4.69, 9.17) is 11.6 Å². The normalized spacial score (nSPS) is 15.9. The van der Waals surface area contributed by atoms with Gasteiger partial charge >= 0.3 is 0 Å². The van der Waals surface area contributed by atoms with E-state index >= 15 is 0 Å². The molecule has 1 saturated carbocycles. The lowest BCUT2D eigenvalue weighted by atomic mass is 9.92. The summed E-state index contributed by atoms with van der Waals surface area (Å²) in [6, 6.07) is 17.6. The van der Waals surface area contributed by atoms with Gasteiger partial charge in [0, 0.05) is 28.0 Å². The molecule has 0 spiro atoms. The molecule has 1 unspecified atom stereocenters. The Balaban J connectivity index is 1.77. The van der Waals surface area contributed by atoms with Crippen LogP contribution in [0.15, 0.2) is 53.0 Å². The maximum atomic E-state index is 6.11. The topological polar surface area (TPSA) is 12.0 Å². The Hall–Kier alpha value is -0.830. The standard InChI is InChI=1S/C18H19BrClN/c19-16-5-2-4-14(11-16)15(12-21-18-7-8-18)9-13-3-1-6-17(20)10-13/h1-6,10-11,15,18,21H,7-9,12H2. The summed E-state index contributed by atoms with van der Waals surface area (Å²) in [7, 11) is 0. The average molecular weight is 365 g/mol. The first-order valence-electron chi connectivity index (χ1n) is 7.44. The molecule has 110 valence electrons. The van der Waals surface area contributed by atoms with Gasteiger partial charge in [0.1, 0.15) is 0 Å². The average Bonchev–Trinajstić information content (AvgIpc) is 3.27. The van der Waals surface area contributed by atoms with Gasteiger partial charge in [0.15, 0.2) is 0 Å². The van der Waals surface area contributed by atoms with Gasteiger partial charge in [-0.3, -0.25) is 0 Å². The molecule has 2 aromatic carbocycles. The number of benzene rings is 2. The van der Waals surface area contributed by atoms with Crippen LogP contribution in [0.25, 0.3) is 0 Å². The minimum Gasteiger partial charge on any atom is -0.313 e. The van der Waals surface area contributed by atoms with Gasteiger partial charge in [-0.2, -0.15) is 0 Å². The fraction of sp³-hybridized carbons (Fsp3) is 0.333. The molecule has 1 aliphatic carbocycles. The number of rotatable bonds is 6. The van der Waals surface area contributed by atoms with Gasteiger partial charge in [0.2, 0.25) is 0 Å². The van der Waals surface area contributed by atoms with Gasteiger partial charge in [0.25, 0.3) is 0 Å². The molecule has 1 fully saturated rings. The molecule has 1 aliphatic rings. The summed E-state index contributed by atoms with van der Waals surface area (Å²) in [4.78, 5) is 0. The highest BCUT2D eigenvalue weighted by atomic mass is 79.9. The fourth-order valence-corrected chi connectivity index (χ4v) is 3.24. The predicted molar refractivity (Wildman–Crippen MR) is 93.1 cm³/mol. The first-order chi connectivity index (χ1) is 10.2. The predicted octanol–water partition coefficient (Wildman–Crippen LogP) is 5.18. The van der Waals surface area contributed by atoms with Crippen molar-refractivity contribution in [2.24, 2.45) is 0 Å². The Bertz CT molecular complexity index is 610. The molecule has 21 heavy (non-hydrogen) atoms. The third-order valence-electron chi connectivity index (χ3n) is 3.92. The summed E-state index contributed by atoms with van der Waals surface area (Å²) < 4.78 is 1.14. The van der Waals surface area contributed by atoms with E-state index in [2.05, 4.69) is 57.6 Å². The van der Waals surface area contributed by atoms with Crippen LogP contribution in [-0.4, -0.2) is 12.6 Å². The first-order valence-corrected chi connectivity index (χ1v) is 8.61. The van der Waals surface area contributed by atoms with Crippen LogP contribution in [0.5, 0.6) is 0 Å². The van der Waals surface area contributed by atoms with Crippen LogP contribution < -0.4 is 5.32 Å². The van der Waals surface area contributed by atoms with Crippen molar-refractivity contribution in [3.63, 3.8) is 0 Å². The van der Waals surface area contributed by atoms with Gasteiger partial charge in [-0.1, -0.05) is 51.8 Å². The molecule has 0 heterocycles. The van der Waals surface area contributed by atoms with Crippen molar-refractivity contribution >= 4 is 27.5 Å². The van der Waals surface area contributed by atoms with E-state index in [1.54, 1.807) is 0 Å². The van der Waals surface area contributed by atoms with Crippen molar-refractivity contribution in [2.45, 2.75) is 31.2 Å². The van der Waals surface area contributed by atoms with Gasteiger partial charge < -0.3 is 5.32 Å². The maximum Gasteiger partial charge on any atom is 0.0408 e. The zero-order valence-corrected chi connectivity index (χ0v) is 14.2. The number of hydrogen-bond donors (Lipinski definition) is 1. The minimum absolute atomic E-state index is 0.474. The van der Waals surface area contributed by atoms with Crippen LogP contribution in [0.4, 0.5) is 0 Å². The molecular formula is C18H19BrClN. The van der Waals surface area contributed by atoms with Gasteiger partial charge in [-0.15, -0.1) is 0 Å². The summed E-state index contributed by atoms with van der Waals surface area (Å²) in [5.41, 5.74) is 2.67. The SMILES string of the molecule is Clc1cccc(CC(CNC2CC2)c2cccc(Br)c2)c1. The number of nitrogens with one attached hydrogen (secondary N) is 1. The van der Waals surface area contributed by atoms with E-state index in [1.165, 1.54) is 24.0 Å². The maximum absolute atomic E-state index is 6.11. The monoisotopic (exact) mass is 363 g/mol. The molecule has 0 aromatic heterocycles. The third kappa shape index (κ3) is 4.57. The largest absolute Gasteiger partial charge is 0.313 e. The molecule has 0 amide bonds. The van der Waals surface area contributed by atoms with Gasteiger partial charge in [-0.05, 0) is 54.7 Å². The quantitative estimate of drug-likeness (QED) is 0.744. The molecule has 1 atom stereocenters. The van der Waals surface area contributed by atoms with Crippen molar-refractivity contribution in [3.05, 3.63) is 69.2 Å². The Morgan fingerprint density at radius 2 is 1.95 bits per heavy atom. The second-order valence-electron chi connectivity index (χ2n) is 5.77. The molecule has 1 N–H and O–H groups in total. The highest BCUT2D eigenvalue weighted by molar-refractivity contribution is 9.10. The number of hydrogen-bond acceptors (Lipinski definition) is 1. The zero-order chi connectivity index (χ0) is 14.7. The Morgan fingerprint density at radius 3 is 2.67 bits per heavy atom. The molecular weight excluding hydrogens is 346 g/mol. The van der Waals surface area contributed by atoms with Crippen molar-refractivity contribution in [1.82, 2.24) is 5.32 Å². The van der Waals surface area contributed by atoms with Crippen LogP contribution in [-0.2, 0) is 6.42 Å². The Labute approximate surface area is 139 Å². The molecule has 0 bridgehead atoms. The van der Waals surface area contributed by atoms with E-state index < -0.39 is 0 Å². The molecule has 0 radical (unpaired) electrons. The minimum atomic E-state index is 0.474. The lowest BCUT2D eigenvalue weighted by molar-refractivity contribution is 0.577. The second-order valence-corrected chi connectivity index (χ2v) is 7.12. The summed E-state index contributed by atoms with van der Waals surface area (Å²) in [6.45, 7) is 1.02. The first kappa shape index (κ1) is 15.1. The van der Waals surface area contributed by atoms with Crippen molar-refractivity contribution in [1.29, 1.82) is 0 Å². The van der Waals surface area contributed by atoms with E-state index in [9.17, 15) is 0 Å². The highest BCUT2D eigenvalue weighted by Crippen LogP contribution is 2.26. The zero-order valence-electron chi connectivity index (χ0n) is 11.9. The summed E-state index contributed by atoms with van der Waals surface area (Å²) >= 11 is 9.69. The van der Waals surface area contributed by atoms with Crippen LogP contribution in [0, 0.1) is 0 Å². The molecule has 3 heteroatoms. The molecule has 2 aromatic rings. The van der Waals surface area contributed by atoms with Crippen LogP contribution in [0.1, 0.15) is 29.9 Å². The van der Waals surface area contributed by atoms with Crippen molar-refractivity contribution in [3.8, 4) is 0 Å². The molecule has 0 aliphatic heterocycles. The van der Waals surface area contributed by atoms with Crippen LogP contribution >= 0.6 is 27.5 Å². The van der Waals surface area contributed by atoms with Gasteiger partial charge in [0.05, 0.1) is 0 Å².